The number of para-hydroxylation sites is 1. The van der Waals surface area contributed by atoms with Crippen LogP contribution in [0.15, 0.2) is 41.5 Å². The number of alkyl halides is 3. The van der Waals surface area contributed by atoms with Crippen molar-refractivity contribution in [2.24, 2.45) is 10.7 Å². The van der Waals surface area contributed by atoms with E-state index >= 15 is 0 Å². The SMILES string of the molecule is COc1cccc2c1NC(=O)C(N)N=C2c1ccc(C(F)(F)F)cn1. The summed E-state index contributed by atoms with van der Waals surface area (Å²) in [4.78, 5) is 20.0. The second-order valence-electron chi connectivity index (χ2n) is 5.22. The lowest BCUT2D eigenvalue weighted by Crippen LogP contribution is -2.33. The highest BCUT2D eigenvalue weighted by molar-refractivity contribution is 6.19. The summed E-state index contributed by atoms with van der Waals surface area (Å²) in [6, 6.07) is 7.03. The molecule has 1 aromatic heterocycles. The number of benzene rings is 1. The van der Waals surface area contributed by atoms with Gasteiger partial charge in [-0.15, -0.1) is 0 Å². The van der Waals surface area contributed by atoms with Gasteiger partial charge in [0.1, 0.15) is 5.75 Å². The molecule has 0 saturated heterocycles. The fourth-order valence-corrected chi connectivity index (χ4v) is 2.40. The number of carbonyl (C=O) groups is 1. The van der Waals surface area contributed by atoms with Crippen LogP contribution in [0.25, 0.3) is 0 Å². The van der Waals surface area contributed by atoms with Crippen molar-refractivity contribution in [1.29, 1.82) is 0 Å². The molecule has 0 fully saturated rings. The number of halogens is 3. The third-order valence-electron chi connectivity index (χ3n) is 3.62. The predicted octanol–water partition coefficient (Wildman–Crippen LogP) is 2.18. The number of anilines is 1. The van der Waals surface area contributed by atoms with Gasteiger partial charge in [0.2, 0.25) is 0 Å². The maximum absolute atomic E-state index is 12.7. The Morgan fingerprint density at radius 3 is 2.60 bits per heavy atom. The molecule has 1 aromatic carbocycles. The Bertz CT molecular complexity index is 847. The van der Waals surface area contributed by atoms with Crippen molar-refractivity contribution < 1.29 is 22.7 Å². The van der Waals surface area contributed by atoms with Gasteiger partial charge in [-0.3, -0.25) is 14.8 Å². The zero-order valence-corrected chi connectivity index (χ0v) is 13.0. The fraction of sp³-hybridized carbons (Fsp3) is 0.188. The van der Waals surface area contributed by atoms with Gasteiger partial charge in [0.25, 0.3) is 5.91 Å². The molecule has 1 aliphatic rings. The minimum atomic E-state index is -4.49. The van der Waals surface area contributed by atoms with Crippen LogP contribution < -0.4 is 15.8 Å². The predicted molar refractivity (Wildman–Crippen MR) is 84.5 cm³/mol. The Labute approximate surface area is 140 Å². The number of rotatable bonds is 2. The molecule has 0 radical (unpaired) electrons. The molecule has 0 aliphatic carbocycles. The summed E-state index contributed by atoms with van der Waals surface area (Å²) in [6.45, 7) is 0. The number of carbonyl (C=O) groups excluding carboxylic acids is 1. The van der Waals surface area contributed by atoms with Gasteiger partial charge in [-0.2, -0.15) is 13.2 Å². The number of amides is 1. The molecule has 9 heteroatoms. The van der Waals surface area contributed by atoms with Crippen molar-refractivity contribution in [2.75, 3.05) is 12.4 Å². The molecule has 6 nitrogen and oxygen atoms in total. The van der Waals surface area contributed by atoms with Crippen molar-refractivity contribution in [3.05, 3.63) is 53.3 Å². The Morgan fingerprint density at radius 1 is 1.24 bits per heavy atom. The van der Waals surface area contributed by atoms with Crippen molar-refractivity contribution >= 4 is 17.3 Å². The largest absolute Gasteiger partial charge is 0.495 e. The van der Waals surface area contributed by atoms with E-state index in [0.717, 1.165) is 6.07 Å². The highest BCUT2D eigenvalue weighted by Crippen LogP contribution is 2.33. The number of hydrogen-bond donors (Lipinski definition) is 2. The minimum Gasteiger partial charge on any atom is -0.495 e. The number of pyridine rings is 1. The summed E-state index contributed by atoms with van der Waals surface area (Å²) in [7, 11) is 1.43. The maximum atomic E-state index is 12.7. The Balaban J connectivity index is 2.15. The summed E-state index contributed by atoms with van der Waals surface area (Å²) in [5.74, 6) is -0.188. The molecular weight excluding hydrogens is 337 g/mol. The number of methoxy groups -OCH3 is 1. The third kappa shape index (κ3) is 3.18. The van der Waals surface area contributed by atoms with Gasteiger partial charge in [-0.1, -0.05) is 12.1 Å². The number of nitrogens with one attached hydrogen (secondary N) is 1. The standard InChI is InChI=1S/C16H13F3N4O2/c1-25-11-4-2-3-9-12(22-14(20)15(24)23-13(9)11)10-6-5-8(7-21-10)16(17,18)19/h2-7,14H,20H2,1H3,(H,23,24). The van der Waals surface area contributed by atoms with E-state index in [4.69, 9.17) is 10.5 Å². The number of hydrogen-bond acceptors (Lipinski definition) is 5. The van der Waals surface area contributed by atoms with Crippen LogP contribution in [-0.4, -0.2) is 29.9 Å². The first-order valence-electron chi connectivity index (χ1n) is 7.16. The number of aliphatic imine (C=N–C) groups is 1. The number of fused-ring (bicyclic) bond motifs is 1. The normalized spacial score (nSPS) is 17.2. The average Bonchev–Trinajstić information content (AvgIpc) is 2.71. The summed E-state index contributed by atoms with van der Waals surface area (Å²) < 4.78 is 43.4. The highest BCUT2D eigenvalue weighted by atomic mass is 19.4. The minimum absolute atomic E-state index is 0.162. The summed E-state index contributed by atoms with van der Waals surface area (Å²) in [5, 5.41) is 2.62. The summed E-state index contributed by atoms with van der Waals surface area (Å²) >= 11 is 0. The van der Waals surface area contributed by atoms with Gasteiger partial charge in [0, 0.05) is 11.8 Å². The van der Waals surface area contributed by atoms with Crippen LogP contribution in [-0.2, 0) is 11.0 Å². The quantitative estimate of drug-likeness (QED) is 0.869. The van der Waals surface area contributed by atoms with Crippen molar-refractivity contribution in [1.82, 2.24) is 4.98 Å². The van der Waals surface area contributed by atoms with Crippen molar-refractivity contribution in [2.45, 2.75) is 12.3 Å². The molecule has 0 spiro atoms. The Morgan fingerprint density at radius 2 is 2.00 bits per heavy atom. The van der Waals surface area contributed by atoms with E-state index in [1.54, 1.807) is 18.2 Å². The third-order valence-corrected chi connectivity index (χ3v) is 3.62. The molecule has 3 N–H and O–H groups in total. The molecule has 1 atom stereocenters. The van der Waals surface area contributed by atoms with Gasteiger partial charge < -0.3 is 15.8 Å². The molecule has 3 rings (SSSR count). The van der Waals surface area contributed by atoms with Gasteiger partial charge in [0.15, 0.2) is 6.17 Å². The van der Waals surface area contributed by atoms with Crippen LogP contribution in [0, 0.1) is 0 Å². The molecular formula is C16H13F3N4O2. The highest BCUT2D eigenvalue weighted by Gasteiger charge is 2.31. The number of nitrogens with two attached hydrogens (primary N) is 1. The van der Waals surface area contributed by atoms with Gasteiger partial charge in [-0.25, -0.2) is 0 Å². The fourth-order valence-electron chi connectivity index (χ4n) is 2.40. The molecule has 130 valence electrons. The van der Waals surface area contributed by atoms with Crippen LogP contribution >= 0.6 is 0 Å². The number of nitrogens with zero attached hydrogens (tertiary/aromatic N) is 2. The first kappa shape index (κ1) is 16.9. The molecule has 2 heterocycles. The smallest absolute Gasteiger partial charge is 0.417 e. The molecule has 1 amide bonds. The first-order chi connectivity index (χ1) is 11.8. The molecule has 1 aliphatic heterocycles. The monoisotopic (exact) mass is 350 g/mol. The zero-order chi connectivity index (χ0) is 18.2. The number of ether oxygens (including phenoxy) is 1. The van der Waals surface area contributed by atoms with E-state index in [2.05, 4.69) is 15.3 Å². The lowest BCUT2D eigenvalue weighted by molar-refractivity contribution is -0.137. The van der Waals surface area contributed by atoms with Crippen LogP contribution in [0.3, 0.4) is 0 Å². The molecule has 1 unspecified atom stereocenters. The lowest BCUT2D eigenvalue weighted by atomic mass is 10.0. The molecule has 2 aromatic rings. The van der Waals surface area contributed by atoms with Crippen LogP contribution in [0.2, 0.25) is 0 Å². The Kier molecular flexibility index (Phi) is 4.17. The number of benzodiazepines with no additional fused rings is 1. The van der Waals surface area contributed by atoms with Crippen LogP contribution in [0.4, 0.5) is 18.9 Å². The zero-order valence-electron chi connectivity index (χ0n) is 13.0. The van der Waals surface area contributed by atoms with Crippen LogP contribution in [0.1, 0.15) is 16.8 Å². The maximum Gasteiger partial charge on any atom is 0.417 e. The van der Waals surface area contributed by atoms with E-state index < -0.39 is 23.8 Å². The summed E-state index contributed by atoms with van der Waals surface area (Å²) in [6.07, 6.45) is -5.01. The van der Waals surface area contributed by atoms with Gasteiger partial charge in [0.05, 0.1) is 29.8 Å². The molecule has 0 bridgehead atoms. The van der Waals surface area contributed by atoms with Crippen molar-refractivity contribution in [3.63, 3.8) is 0 Å². The van der Waals surface area contributed by atoms with E-state index in [0.29, 0.717) is 23.2 Å². The van der Waals surface area contributed by atoms with Crippen LogP contribution in [0.5, 0.6) is 5.75 Å². The van der Waals surface area contributed by atoms with E-state index in [-0.39, 0.29) is 11.4 Å². The Hall–Kier alpha value is -2.94. The van der Waals surface area contributed by atoms with E-state index in [9.17, 15) is 18.0 Å². The number of aromatic nitrogens is 1. The topological polar surface area (TPSA) is 89.6 Å². The second-order valence-corrected chi connectivity index (χ2v) is 5.22. The van der Waals surface area contributed by atoms with Gasteiger partial charge >= 0.3 is 6.18 Å². The first-order valence-corrected chi connectivity index (χ1v) is 7.16. The lowest BCUT2D eigenvalue weighted by Gasteiger charge is -2.13. The summed E-state index contributed by atoms with van der Waals surface area (Å²) in [5.41, 5.74) is 6.00. The second kappa shape index (κ2) is 6.17. The molecule has 0 saturated carbocycles. The molecule has 25 heavy (non-hydrogen) atoms. The van der Waals surface area contributed by atoms with Crippen molar-refractivity contribution in [3.8, 4) is 5.75 Å². The average molecular weight is 350 g/mol. The van der Waals surface area contributed by atoms with Gasteiger partial charge in [-0.05, 0) is 18.2 Å². The van der Waals surface area contributed by atoms with E-state index in [1.807, 2.05) is 0 Å². The van der Waals surface area contributed by atoms with E-state index in [1.165, 1.54) is 13.2 Å².